The minimum absolute atomic E-state index is 0.0499. The lowest BCUT2D eigenvalue weighted by molar-refractivity contribution is -0.385. The summed E-state index contributed by atoms with van der Waals surface area (Å²) >= 11 is 0. The summed E-state index contributed by atoms with van der Waals surface area (Å²) in [6.45, 7) is 3.53. The Kier molecular flexibility index (Phi) is 5.88. The number of non-ortho nitro benzene ring substituents is 1. The first-order valence-electron chi connectivity index (χ1n) is 6.48. The van der Waals surface area contributed by atoms with E-state index in [9.17, 15) is 18.5 Å². The number of hydrogen-bond acceptors (Lipinski definition) is 4. The topological polar surface area (TPSA) is 89.3 Å². The second kappa shape index (κ2) is 7.20. The van der Waals surface area contributed by atoms with Crippen LogP contribution in [0.5, 0.6) is 0 Å². The summed E-state index contributed by atoms with van der Waals surface area (Å²) in [5, 5.41) is 10.8. The molecule has 0 spiro atoms. The predicted molar refractivity (Wildman–Crippen MR) is 80.4 cm³/mol. The number of nitrogens with zero attached hydrogens (tertiary/aromatic N) is 1. The van der Waals surface area contributed by atoms with Gasteiger partial charge in [-0.2, -0.15) is 0 Å². The Bertz CT molecular complexity index is 675. The van der Waals surface area contributed by atoms with Gasteiger partial charge in [0.05, 0.1) is 9.82 Å². The number of sulfonamides is 1. The molecule has 6 nitrogen and oxygen atoms in total. The molecular weight excluding hydrogens is 292 g/mol. The van der Waals surface area contributed by atoms with Crippen molar-refractivity contribution in [3.63, 3.8) is 0 Å². The second-order valence-electron chi connectivity index (χ2n) is 4.70. The highest BCUT2D eigenvalue weighted by molar-refractivity contribution is 7.89. The fourth-order valence-electron chi connectivity index (χ4n) is 1.83. The van der Waals surface area contributed by atoms with Crippen molar-refractivity contribution in [2.75, 3.05) is 6.54 Å². The molecular formula is C14H18N2O4S. The minimum atomic E-state index is -3.76. The number of benzene rings is 1. The van der Waals surface area contributed by atoms with E-state index in [1.165, 1.54) is 6.07 Å². The molecule has 7 heteroatoms. The monoisotopic (exact) mass is 310 g/mol. The fraction of sp³-hybridized carbons (Fsp3) is 0.429. The molecule has 0 aliphatic heterocycles. The molecule has 0 aliphatic carbocycles. The van der Waals surface area contributed by atoms with Crippen LogP contribution in [-0.2, 0) is 10.0 Å². The van der Waals surface area contributed by atoms with Gasteiger partial charge < -0.3 is 0 Å². The SMILES string of the molecule is C#CCCCCNS(=O)(=O)c1cc([N+](=O)[O-])cc(C)c1C. The molecule has 0 aliphatic rings. The Morgan fingerprint density at radius 1 is 1.33 bits per heavy atom. The highest BCUT2D eigenvalue weighted by Crippen LogP contribution is 2.25. The van der Waals surface area contributed by atoms with Crippen LogP contribution in [0.3, 0.4) is 0 Å². The zero-order valence-electron chi connectivity index (χ0n) is 12.0. The third-order valence-electron chi connectivity index (χ3n) is 3.14. The van der Waals surface area contributed by atoms with E-state index in [1.807, 2.05) is 0 Å². The van der Waals surface area contributed by atoms with Crippen LogP contribution in [0.4, 0.5) is 5.69 Å². The standard InChI is InChI=1S/C14H18N2O4S/c1-4-5-6-7-8-15-21(19,20)14-10-13(16(17)18)9-11(2)12(14)3/h1,9-10,15H,5-8H2,2-3H3. The summed E-state index contributed by atoms with van der Waals surface area (Å²) in [6, 6.07) is 2.45. The van der Waals surface area contributed by atoms with Gasteiger partial charge in [0.25, 0.3) is 5.69 Å². The van der Waals surface area contributed by atoms with Gasteiger partial charge in [-0.3, -0.25) is 10.1 Å². The number of unbranched alkanes of at least 4 members (excludes halogenated alkanes) is 2. The Hall–Kier alpha value is -1.91. The van der Waals surface area contributed by atoms with Crippen molar-refractivity contribution in [1.82, 2.24) is 4.72 Å². The van der Waals surface area contributed by atoms with Gasteiger partial charge in [0.1, 0.15) is 0 Å². The summed E-state index contributed by atoms with van der Waals surface area (Å²) in [4.78, 5) is 10.2. The van der Waals surface area contributed by atoms with Crippen molar-refractivity contribution >= 4 is 15.7 Å². The van der Waals surface area contributed by atoms with Crippen LogP contribution in [-0.4, -0.2) is 19.9 Å². The van der Waals surface area contributed by atoms with Gasteiger partial charge in [-0.25, -0.2) is 13.1 Å². The number of nitrogens with one attached hydrogen (secondary N) is 1. The molecule has 0 radical (unpaired) electrons. The van der Waals surface area contributed by atoms with Crippen molar-refractivity contribution < 1.29 is 13.3 Å². The highest BCUT2D eigenvalue weighted by atomic mass is 32.2. The number of nitro groups is 1. The number of nitro benzene ring substituents is 1. The molecule has 0 aromatic heterocycles. The molecule has 0 saturated carbocycles. The first-order valence-corrected chi connectivity index (χ1v) is 7.96. The van der Waals surface area contributed by atoms with Crippen LogP contribution in [0.2, 0.25) is 0 Å². The molecule has 1 aromatic rings. The summed E-state index contributed by atoms with van der Waals surface area (Å²) in [6.07, 6.45) is 7.06. The zero-order chi connectivity index (χ0) is 16.0. The highest BCUT2D eigenvalue weighted by Gasteiger charge is 2.21. The Balaban J connectivity index is 2.97. The van der Waals surface area contributed by atoms with E-state index in [1.54, 1.807) is 13.8 Å². The normalized spacial score (nSPS) is 11.1. The molecule has 0 atom stereocenters. The maximum Gasteiger partial charge on any atom is 0.271 e. The molecule has 21 heavy (non-hydrogen) atoms. The van der Waals surface area contributed by atoms with Gasteiger partial charge in [0.15, 0.2) is 0 Å². The van der Waals surface area contributed by atoms with E-state index >= 15 is 0 Å². The molecule has 0 unspecified atom stereocenters. The van der Waals surface area contributed by atoms with Crippen molar-refractivity contribution in [1.29, 1.82) is 0 Å². The molecule has 0 heterocycles. The van der Waals surface area contributed by atoms with Gasteiger partial charge in [0, 0.05) is 25.1 Å². The quantitative estimate of drug-likeness (QED) is 0.362. The average molecular weight is 310 g/mol. The minimum Gasteiger partial charge on any atom is -0.258 e. The van der Waals surface area contributed by atoms with E-state index in [0.717, 1.165) is 12.5 Å². The van der Waals surface area contributed by atoms with Crippen LogP contribution in [0.15, 0.2) is 17.0 Å². The van der Waals surface area contributed by atoms with Crippen LogP contribution >= 0.6 is 0 Å². The number of hydrogen-bond donors (Lipinski definition) is 1. The van der Waals surface area contributed by atoms with Crippen LogP contribution in [0.25, 0.3) is 0 Å². The van der Waals surface area contributed by atoms with Crippen molar-refractivity contribution in [2.24, 2.45) is 0 Å². The lowest BCUT2D eigenvalue weighted by Crippen LogP contribution is -2.25. The first-order chi connectivity index (χ1) is 9.79. The van der Waals surface area contributed by atoms with E-state index in [2.05, 4.69) is 10.6 Å². The number of rotatable bonds is 7. The van der Waals surface area contributed by atoms with Crippen LogP contribution in [0.1, 0.15) is 30.4 Å². The van der Waals surface area contributed by atoms with E-state index < -0.39 is 14.9 Å². The molecule has 0 fully saturated rings. The lowest BCUT2D eigenvalue weighted by Gasteiger charge is -2.11. The van der Waals surface area contributed by atoms with Crippen molar-refractivity contribution in [3.05, 3.63) is 33.4 Å². The molecule has 114 valence electrons. The fourth-order valence-corrected chi connectivity index (χ4v) is 3.24. The Morgan fingerprint density at radius 2 is 2.00 bits per heavy atom. The third kappa shape index (κ3) is 4.55. The molecule has 1 rings (SSSR count). The van der Waals surface area contributed by atoms with Gasteiger partial charge in [0.2, 0.25) is 10.0 Å². The van der Waals surface area contributed by atoms with Crippen molar-refractivity contribution in [2.45, 2.75) is 38.0 Å². The average Bonchev–Trinajstić information content (AvgIpc) is 2.40. The zero-order valence-corrected chi connectivity index (χ0v) is 12.9. The van der Waals surface area contributed by atoms with Gasteiger partial charge in [-0.1, -0.05) is 0 Å². The Morgan fingerprint density at radius 3 is 2.57 bits per heavy atom. The molecule has 0 bridgehead atoms. The van der Waals surface area contributed by atoms with Gasteiger partial charge >= 0.3 is 0 Å². The van der Waals surface area contributed by atoms with Crippen LogP contribution < -0.4 is 4.72 Å². The summed E-state index contributed by atoms with van der Waals surface area (Å²) in [5.41, 5.74) is 0.847. The van der Waals surface area contributed by atoms with E-state index in [4.69, 9.17) is 6.42 Å². The Labute approximate surface area is 124 Å². The number of terminal acetylenes is 1. The maximum absolute atomic E-state index is 12.2. The first kappa shape index (κ1) is 17.1. The summed E-state index contributed by atoms with van der Waals surface area (Å²) < 4.78 is 26.9. The lowest BCUT2D eigenvalue weighted by atomic mass is 10.1. The van der Waals surface area contributed by atoms with Gasteiger partial charge in [-0.05, 0) is 37.8 Å². The summed E-state index contributed by atoms with van der Waals surface area (Å²) in [5.74, 6) is 2.48. The predicted octanol–water partition coefficient (Wildman–Crippen LogP) is 2.29. The summed E-state index contributed by atoms with van der Waals surface area (Å²) in [7, 11) is -3.76. The maximum atomic E-state index is 12.2. The molecule has 1 aromatic carbocycles. The largest absolute Gasteiger partial charge is 0.271 e. The van der Waals surface area contributed by atoms with Crippen LogP contribution in [0, 0.1) is 36.3 Å². The molecule has 1 N–H and O–H groups in total. The van der Waals surface area contributed by atoms with Crippen molar-refractivity contribution in [3.8, 4) is 12.3 Å². The van der Waals surface area contributed by atoms with E-state index in [0.29, 0.717) is 24.0 Å². The third-order valence-corrected chi connectivity index (χ3v) is 4.73. The van der Waals surface area contributed by atoms with E-state index in [-0.39, 0.29) is 17.1 Å². The smallest absolute Gasteiger partial charge is 0.258 e. The number of aryl methyl sites for hydroxylation is 1. The van der Waals surface area contributed by atoms with Gasteiger partial charge in [-0.15, -0.1) is 12.3 Å². The molecule has 0 amide bonds. The molecule has 0 saturated heterocycles. The second-order valence-corrected chi connectivity index (χ2v) is 6.44.